The highest BCUT2D eigenvalue weighted by Crippen LogP contribution is 2.52. The lowest BCUT2D eigenvalue weighted by Crippen LogP contribution is -2.55. The van der Waals surface area contributed by atoms with Crippen molar-refractivity contribution < 1.29 is 8.78 Å². The minimum Gasteiger partial charge on any atom is -0.313 e. The molecule has 118 valence electrons. The van der Waals surface area contributed by atoms with Crippen molar-refractivity contribution in [3.05, 3.63) is 29.8 Å². The van der Waals surface area contributed by atoms with Crippen LogP contribution in [0.4, 0.5) is 8.78 Å². The number of rotatable bonds is 7. The van der Waals surface area contributed by atoms with Crippen LogP contribution in [0.2, 0.25) is 0 Å². The first-order chi connectivity index (χ1) is 9.95. The summed E-state index contributed by atoms with van der Waals surface area (Å²) in [6.07, 6.45) is 0.0785. The van der Waals surface area contributed by atoms with E-state index < -0.39 is 6.43 Å². The van der Waals surface area contributed by atoms with E-state index in [4.69, 9.17) is 0 Å². The average Bonchev–Trinajstić information content (AvgIpc) is 2.45. The van der Waals surface area contributed by atoms with Crippen molar-refractivity contribution in [3.63, 3.8) is 0 Å². The summed E-state index contributed by atoms with van der Waals surface area (Å²) in [5, 5.41) is 3.62. The van der Waals surface area contributed by atoms with Gasteiger partial charge in [-0.1, -0.05) is 32.9 Å². The lowest BCUT2D eigenvalue weighted by molar-refractivity contribution is 0.0694. The van der Waals surface area contributed by atoms with E-state index in [2.05, 4.69) is 38.2 Å². The van der Waals surface area contributed by atoms with Crippen molar-refractivity contribution in [2.75, 3.05) is 12.3 Å². The minimum atomic E-state index is -2.24. The number of alkyl halides is 2. The molecule has 1 aliphatic carbocycles. The van der Waals surface area contributed by atoms with Crippen LogP contribution in [0.1, 0.15) is 45.1 Å². The summed E-state index contributed by atoms with van der Waals surface area (Å²) < 4.78 is 24.4. The highest BCUT2D eigenvalue weighted by Gasteiger charge is 2.48. The smallest absolute Gasteiger partial charge is 0.247 e. The van der Waals surface area contributed by atoms with E-state index in [9.17, 15) is 8.78 Å². The fraction of sp³-hybridized carbons (Fsp3) is 0.647. The first kappa shape index (κ1) is 16.8. The number of nitrogens with one attached hydrogen (secondary N) is 1. The van der Waals surface area contributed by atoms with Crippen LogP contribution in [0, 0.1) is 5.41 Å². The van der Waals surface area contributed by atoms with Gasteiger partial charge in [0.05, 0.1) is 5.75 Å². The molecule has 1 nitrogen and oxygen atoms in total. The summed E-state index contributed by atoms with van der Waals surface area (Å²) in [4.78, 5) is 0.928. The van der Waals surface area contributed by atoms with Gasteiger partial charge in [-0.2, -0.15) is 0 Å². The quantitative estimate of drug-likeness (QED) is 0.717. The molecule has 1 aromatic rings. The Kier molecular flexibility index (Phi) is 5.67. The molecule has 0 spiro atoms. The van der Waals surface area contributed by atoms with E-state index in [0.29, 0.717) is 12.0 Å². The lowest BCUT2D eigenvalue weighted by Gasteiger charge is -2.53. The van der Waals surface area contributed by atoms with Crippen LogP contribution in [0.15, 0.2) is 29.2 Å². The number of hydrogen-bond acceptors (Lipinski definition) is 2. The molecule has 1 aromatic carbocycles. The van der Waals surface area contributed by atoms with E-state index in [0.717, 1.165) is 24.3 Å². The summed E-state index contributed by atoms with van der Waals surface area (Å²) in [6.45, 7) is 7.89. The standard InChI is InChI=1S/C17H25F2NS/c1-4-9-20-15-10-14(17(15,2)3)12-5-7-13(8-6-12)21-11-16(18)19/h5-8,14-16,20H,4,9-11H2,1-3H3. The molecule has 2 unspecified atom stereocenters. The number of benzene rings is 1. The van der Waals surface area contributed by atoms with Crippen molar-refractivity contribution in [1.82, 2.24) is 5.32 Å². The van der Waals surface area contributed by atoms with Gasteiger partial charge in [-0.05, 0) is 48.4 Å². The van der Waals surface area contributed by atoms with Gasteiger partial charge in [-0.3, -0.25) is 0 Å². The van der Waals surface area contributed by atoms with Crippen molar-refractivity contribution in [1.29, 1.82) is 0 Å². The van der Waals surface area contributed by atoms with E-state index in [-0.39, 0.29) is 11.2 Å². The summed E-state index contributed by atoms with van der Waals surface area (Å²) >= 11 is 1.22. The molecule has 1 aliphatic rings. The number of hydrogen-bond donors (Lipinski definition) is 1. The maximum atomic E-state index is 12.2. The van der Waals surface area contributed by atoms with Crippen LogP contribution in [0.3, 0.4) is 0 Å². The number of halogens is 2. The van der Waals surface area contributed by atoms with Crippen LogP contribution in [-0.2, 0) is 0 Å². The highest BCUT2D eigenvalue weighted by atomic mass is 32.2. The largest absolute Gasteiger partial charge is 0.313 e. The fourth-order valence-corrected chi connectivity index (χ4v) is 3.76. The fourth-order valence-electron chi connectivity index (χ4n) is 3.11. The van der Waals surface area contributed by atoms with Gasteiger partial charge in [-0.15, -0.1) is 11.8 Å². The molecular formula is C17H25F2NS. The summed E-state index contributed by atoms with van der Waals surface area (Å²) in [5.74, 6) is 0.429. The molecule has 1 fully saturated rings. The first-order valence-electron chi connectivity index (χ1n) is 7.69. The minimum absolute atomic E-state index is 0.128. The summed E-state index contributed by atoms with van der Waals surface area (Å²) in [6, 6.07) is 8.75. The molecule has 1 N–H and O–H groups in total. The van der Waals surface area contributed by atoms with Gasteiger partial charge in [0.2, 0.25) is 6.43 Å². The zero-order valence-electron chi connectivity index (χ0n) is 13.0. The first-order valence-corrected chi connectivity index (χ1v) is 8.68. The van der Waals surface area contributed by atoms with Crippen molar-refractivity contribution in [2.24, 2.45) is 5.41 Å². The molecule has 0 heterocycles. The van der Waals surface area contributed by atoms with Gasteiger partial charge in [0.1, 0.15) is 0 Å². The van der Waals surface area contributed by atoms with Gasteiger partial charge in [0, 0.05) is 10.9 Å². The van der Waals surface area contributed by atoms with Crippen LogP contribution in [0.5, 0.6) is 0 Å². The Hall–Kier alpha value is -0.610. The molecule has 0 aromatic heterocycles. The molecule has 0 radical (unpaired) electrons. The third-order valence-corrected chi connectivity index (χ3v) is 5.59. The molecular weight excluding hydrogens is 288 g/mol. The Morgan fingerprint density at radius 2 is 1.95 bits per heavy atom. The zero-order chi connectivity index (χ0) is 15.5. The summed E-state index contributed by atoms with van der Waals surface area (Å²) in [5.41, 5.74) is 1.59. The summed E-state index contributed by atoms with van der Waals surface area (Å²) in [7, 11) is 0. The second-order valence-electron chi connectivity index (χ2n) is 6.39. The molecule has 0 bridgehead atoms. The van der Waals surface area contributed by atoms with Crippen molar-refractivity contribution in [3.8, 4) is 0 Å². The zero-order valence-corrected chi connectivity index (χ0v) is 13.9. The molecule has 2 atom stereocenters. The maximum Gasteiger partial charge on any atom is 0.247 e. The normalized spacial score (nSPS) is 24.1. The predicted molar refractivity (Wildman–Crippen MR) is 86.4 cm³/mol. The second-order valence-corrected chi connectivity index (χ2v) is 7.48. The highest BCUT2D eigenvalue weighted by molar-refractivity contribution is 7.99. The monoisotopic (exact) mass is 313 g/mol. The van der Waals surface area contributed by atoms with E-state index in [1.165, 1.54) is 17.3 Å². The average molecular weight is 313 g/mol. The van der Waals surface area contributed by atoms with Crippen LogP contribution in [0.25, 0.3) is 0 Å². The Labute approximate surface area is 130 Å². The predicted octanol–water partition coefficient (Wildman–Crippen LogP) is 4.93. The molecule has 0 aliphatic heterocycles. The number of thioether (sulfide) groups is 1. The van der Waals surface area contributed by atoms with E-state index in [1.807, 2.05) is 12.1 Å². The third-order valence-electron chi connectivity index (χ3n) is 4.57. The van der Waals surface area contributed by atoms with Crippen molar-refractivity contribution >= 4 is 11.8 Å². The third kappa shape index (κ3) is 3.98. The lowest BCUT2D eigenvalue weighted by atomic mass is 9.56. The van der Waals surface area contributed by atoms with Crippen LogP contribution >= 0.6 is 11.8 Å². The SMILES string of the molecule is CCCNC1CC(c2ccc(SCC(F)F)cc2)C1(C)C. The Bertz CT molecular complexity index is 445. The van der Waals surface area contributed by atoms with Gasteiger partial charge in [-0.25, -0.2) is 8.78 Å². The van der Waals surface area contributed by atoms with Gasteiger partial charge in [0.15, 0.2) is 0 Å². The molecule has 2 rings (SSSR count). The molecule has 21 heavy (non-hydrogen) atoms. The van der Waals surface area contributed by atoms with Gasteiger partial charge in [0.25, 0.3) is 0 Å². The van der Waals surface area contributed by atoms with Crippen LogP contribution in [-0.4, -0.2) is 24.8 Å². The second kappa shape index (κ2) is 7.10. The Morgan fingerprint density at radius 3 is 2.48 bits per heavy atom. The maximum absolute atomic E-state index is 12.2. The van der Waals surface area contributed by atoms with Gasteiger partial charge >= 0.3 is 0 Å². The van der Waals surface area contributed by atoms with E-state index >= 15 is 0 Å². The van der Waals surface area contributed by atoms with Crippen molar-refractivity contribution in [2.45, 2.75) is 56.9 Å². The molecule has 1 saturated carbocycles. The topological polar surface area (TPSA) is 12.0 Å². The molecule has 0 amide bonds. The van der Waals surface area contributed by atoms with E-state index in [1.54, 1.807) is 0 Å². The van der Waals surface area contributed by atoms with Crippen LogP contribution < -0.4 is 5.32 Å². The Balaban J connectivity index is 1.94. The Morgan fingerprint density at radius 1 is 1.29 bits per heavy atom. The van der Waals surface area contributed by atoms with Gasteiger partial charge < -0.3 is 5.32 Å². The molecule has 0 saturated heterocycles. The molecule has 4 heteroatoms.